The van der Waals surface area contributed by atoms with E-state index in [1.807, 2.05) is 6.26 Å². The smallest absolute Gasteiger partial charge is 0.325 e. The summed E-state index contributed by atoms with van der Waals surface area (Å²) in [5.74, 6) is 1.61. The highest BCUT2D eigenvalue weighted by Gasteiger charge is 2.37. The van der Waals surface area contributed by atoms with Gasteiger partial charge in [0.2, 0.25) is 5.76 Å². The van der Waals surface area contributed by atoms with E-state index in [1.54, 1.807) is 30.0 Å². The Kier molecular flexibility index (Phi) is 4.19. The summed E-state index contributed by atoms with van der Waals surface area (Å²) in [5, 5.41) is 6.57. The molecule has 1 aliphatic rings. The number of hydrogen-bond acceptors (Lipinski definition) is 6. The molecular weight excluding hydrogens is 306 g/mol. The molecule has 0 spiro atoms. The fourth-order valence-corrected chi connectivity index (χ4v) is 2.71. The fourth-order valence-electron chi connectivity index (χ4n) is 2.24. The minimum Gasteiger partial charge on any atom is -0.461 e. The molecule has 3 heterocycles. The number of hydrogen-bond donors (Lipinski definition) is 1. The zero-order valence-electron chi connectivity index (χ0n) is 11.9. The quantitative estimate of drug-likeness (QED) is 0.820. The van der Waals surface area contributed by atoms with E-state index in [0.717, 1.165) is 10.7 Å². The molecule has 8 heteroatoms. The van der Waals surface area contributed by atoms with Gasteiger partial charge in [-0.1, -0.05) is 5.16 Å². The highest BCUT2D eigenvalue weighted by atomic mass is 32.2. The van der Waals surface area contributed by atoms with Crippen LogP contribution in [0.25, 0.3) is 11.5 Å². The summed E-state index contributed by atoms with van der Waals surface area (Å²) in [7, 11) is 0. The minimum atomic E-state index is -0.448. The number of amides is 3. The Morgan fingerprint density at radius 1 is 1.41 bits per heavy atom. The third kappa shape index (κ3) is 2.87. The monoisotopic (exact) mass is 321 g/mol. The van der Waals surface area contributed by atoms with Gasteiger partial charge in [0.1, 0.15) is 11.7 Å². The van der Waals surface area contributed by atoms with Gasteiger partial charge in [0, 0.05) is 6.07 Å². The summed E-state index contributed by atoms with van der Waals surface area (Å²) >= 11 is 1.64. The molecule has 1 atom stereocenters. The number of thioether (sulfide) groups is 1. The first-order valence-corrected chi connectivity index (χ1v) is 8.18. The first-order chi connectivity index (χ1) is 10.7. The van der Waals surface area contributed by atoms with E-state index in [-0.39, 0.29) is 12.5 Å². The van der Waals surface area contributed by atoms with Crippen molar-refractivity contribution in [3.05, 3.63) is 30.2 Å². The lowest BCUT2D eigenvalue weighted by Gasteiger charge is -2.10. The zero-order valence-corrected chi connectivity index (χ0v) is 12.8. The van der Waals surface area contributed by atoms with Crippen molar-refractivity contribution in [2.45, 2.75) is 19.0 Å². The fraction of sp³-hybridized carbons (Fsp3) is 0.357. The lowest BCUT2D eigenvalue weighted by Crippen LogP contribution is -2.31. The van der Waals surface area contributed by atoms with Gasteiger partial charge in [0.25, 0.3) is 5.91 Å². The molecule has 0 unspecified atom stereocenters. The van der Waals surface area contributed by atoms with Crippen LogP contribution in [-0.4, -0.2) is 40.0 Å². The topological polar surface area (TPSA) is 88.6 Å². The molecule has 1 saturated heterocycles. The van der Waals surface area contributed by atoms with Crippen LogP contribution in [-0.2, 0) is 11.3 Å². The Bertz CT molecular complexity index is 667. The van der Waals surface area contributed by atoms with Gasteiger partial charge in [-0.2, -0.15) is 11.8 Å². The van der Waals surface area contributed by atoms with Gasteiger partial charge >= 0.3 is 6.03 Å². The average Bonchev–Trinajstić information content (AvgIpc) is 3.22. The summed E-state index contributed by atoms with van der Waals surface area (Å²) in [6.45, 7) is 0.0879. The number of nitrogens with zero attached hydrogens (tertiary/aromatic N) is 2. The number of nitrogens with one attached hydrogen (secondary N) is 1. The van der Waals surface area contributed by atoms with Crippen molar-refractivity contribution < 1.29 is 18.5 Å². The molecule has 0 saturated carbocycles. The summed E-state index contributed by atoms with van der Waals surface area (Å²) < 4.78 is 10.4. The molecule has 3 amide bonds. The molecule has 1 N–H and O–H groups in total. The SMILES string of the molecule is CSCC[C@H]1NC(=O)N(Cc2cc(-c3ccco3)on2)C1=O. The van der Waals surface area contributed by atoms with Crippen molar-refractivity contribution in [2.24, 2.45) is 0 Å². The van der Waals surface area contributed by atoms with Crippen molar-refractivity contribution >= 4 is 23.7 Å². The molecule has 116 valence electrons. The number of furan rings is 1. The second kappa shape index (κ2) is 6.27. The van der Waals surface area contributed by atoms with E-state index in [4.69, 9.17) is 8.94 Å². The predicted octanol–water partition coefficient (Wildman–Crippen LogP) is 2.11. The Hall–Kier alpha value is -2.22. The third-order valence-electron chi connectivity index (χ3n) is 3.36. The number of aromatic nitrogens is 1. The normalized spacial score (nSPS) is 18.0. The van der Waals surface area contributed by atoms with Crippen LogP contribution in [0.4, 0.5) is 4.79 Å². The van der Waals surface area contributed by atoms with E-state index in [9.17, 15) is 9.59 Å². The van der Waals surface area contributed by atoms with Gasteiger partial charge in [-0.15, -0.1) is 0 Å². The number of imide groups is 1. The largest absolute Gasteiger partial charge is 0.461 e. The van der Waals surface area contributed by atoms with Crippen LogP contribution in [0.15, 0.2) is 33.4 Å². The molecule has 1 fully saturated rings. The maximum Gasteiger partial charge on any atom is 0.325 e. The second-order valence-electron chi connectivity index (χ2n) is 4.87. The van der Waals surface area contributed by atoms with Crippen LogP contribution in [0.1, 0.15) is 12.1 Å². The van der Waals surface area contributed by atoms with Gasteiger partial charge < -0.3 is 14.3 Å². The van der Waals surface area contributed by atoms with Crippen LogP contribution >= 0.6 is 11.8 Å². The van der Waals surface area contributed by atoms with Crippen molar-refractivity contribution in [1.29, 1.82) is 0 Å². The van der Waals surface area contributed by atoms with Crippen LogP contribution in [0.2, 0.25) is 0 Å². The number of urea groups is 1. The maximum atomic E-state index is 12.2. The van der Waals surface area contributed by atoms with Crippen LogP contribution < -0.4 is 5.32 Å². The summed E-state index contributed by atoms with van der Waals surface area (Å²) in [6, 6.07) is 4.31. The van der Waals surface area contributed by atoms with Crippen molar-refractivity contribution in [1.82, 2.24) is 15.4 Å². The molecule has 0 aliphatic carbocycles. The van der Waals surface area contributed by atoms with Crippen molar-refractivity contribution in [3.8, 4) is 11.5 Å². The summed E-state index contributed by atoms with van der Waals surface area (Å²) in [4.78, 5) is 25.3. The molecule has 2 aromatic rings. The van der Waals surface area contributed by atoms with E-state index < -0.39 is 12.1 Å². The standard InChI is InChI=1S/C14H15N3O4S/c1-22-6-4-10-13(18)17(14(19)15-10)8-9-7-12(21-16-9)11-3-2-5-20-11/h2-3,5,7,10H,4,6,8H2,1H3,(H,15,19)/t10-/m1/s1. The van der Waals surface area contributed by atoms with Crippen LogP contribution in [0.5, 0.6) is 0 Å². The predicted molar refractivity (Wildman–Crippen MR) is 80.1 cm³/mol. The molecule has 0 radical (unpaired) electrons. The highest BCUT2D eigenvalue weighted by Crippen LogP contribution is 2.22. The lowest BCUT2D eigenvalue weighted by atomic mass is 10.2. The number of carbonyl (C=O) groups excluding carboxylic acids is 2. The van der Waals surface area contributed by atoms with Gasteiger partial charge in [-0.05, 0) is 30.6 Å². The van der Waals surface area contributed by atoms with E-state index in [2.05, 4.69) is 10.5 Å². The Balaban J connectivity index is 1.68. The van der Waals surface area contributed by atoms with Crippen molar-refractivity contribution in [2.75, 3.05) is 12.0 Å². The number of carbonyl (C=O) groups is 2. The van der Waals surface area contributed by atoms with E-state index in [0.29, 0.717) is 23.6 Å². The lowest BCUT2D eigenvalue weighted by molar-refractivity contribution is -0.127. The van der Waals surface area contributed by atoms with E-state index in [1.165, 1.54) is 6.26 Å². The Morgan fingerprint density at radius 2 is 2.27 bits per heavy atom. The highest BCUT2D eigenvalue weighted by molar-refractivity contribution is 7.98. The molecule has 7 nitrogen and oxygen atoms in total. The first kappa shape index (κ1) is 14.7. The van der Waals surface area contributed by atoms with Gasteiger partial charge in [0.15, 0.2) is 5.76 Å². The van der Waals surface area contributed by atoms with Gasteiger partial charge in [-0.25, -0.2) is 4.79 Å². The molecule has 2 aromatic heterocycles. The molecular formula is C14H15N3O4S. The first-order valence-electron chi connectivity index (χ1n) is 6.79. The molecule has 0 bridgehead atoms. The minimum absolute atomic E-state index is 0.0879. The van der Waals surface area contributed by atoms with Gasteiger partial charge in [-0.3, -0.25) is 9.69 Å². The van der Waals surface area contributed by atoms with E-state index >= 15 is 0 Å². The number of rotatable bonds is 6. The van der Waals surface area contributed by atoms with Crippen molar-refractivity contribution in [3.63, 3.8) is 0 Å². The van der Waals surface area contributed by atoms with Crippen LogP contribution in [0, 0.1) is 0 Å². The second-order valence-corrected chi connectivity index (χ2v) is 5.85. The average molecular weight is 321 g/mol. The third-order valence-corrected chi connectivity index (χ3v) is 4.00. The summed E-state index contributed by atoms with van der Waals surface area (Å²) in [6.07, 6.45) is 4.12. The molecule has 3 rings (SSSR count). The maximum absolute atomic E-state index is 12.2. The molecule has 1 aliphatic heterocycles. The molecule has 22 heavy (non-hydrogen) atoms. The van der Waals surface area contributed by atoms with Crippen LogP contribution in [0.3, 0.4) is 0 Å². The Labute approximate surface area is 131 Å². The summed E-state index contributed by atoms with van der Waals surface area (Å²) in [5.41, 5.74) is 0.500. The molecule has 0 aromatic carbocycles. The Morgan fingerprint density at radius 3 is 3.00 bits per heavy atom. The van der Waals surface area contributed by atoms with Gasteiger partial charge in [0.05, 0.1) is 12.8 Å². The zero-order chi connectivity index (χ0) is 15.5.